The van der Waals surface area contributed by atoms with Crippen LogP contribution in [0.25, 0.3) is 21.2 Å². The van der Waals surface area contributed by atoms with E-state index < -0.39 is 11.9 Å². The van der Waals surface area contributed by atoms with E-state index in [0.29, 0.717) is 35.4 Å². The fourth-order valence-corrected chi connectivity index (χ4v) is 7.29. The number of ketones is 1. The van der Waals surface area contributed by atoms with Crippen molar-refractivity contribution in [2.75, 3.05) is 13.7 Å². The van der Waals surface area contributed by atoms with Crippen molar-refractivity contribution in [1.82, 2.24) is 10.2 Å². The molecule has 10 heteroatoms. The number of Topliss-reactive ketones (excluding diaryl/α,β-unsaturated/α-hetero) is 1. The molecule has 0 unspecified atom stereocenters. The Morgan fingerprint density at radius 3 is 2.44 bits per heavy atom. The van der Waals surface area contributed by atoms with Crippen molar-refractivity contribution in [3.63, 3.8) is 0 Å². The normalized spacial score (nSPS) is 16.6. The van der Waals surface area contributed by atoms with E-state index in [-0.39, 0.29) is 45.5 Å². The molecule has 1 heterocycles. The topological polar surface area (TPSA) is 95.9 Å². The van der Waals surface area contributed by atoms with E-state index in [1.807, 2.05) is 36.4 Å². The lowest BCUT2D eigenvalue weighted by atomic mass is 9.85. The molecular weight excluding hydrogens is 591 g/mol. The van der Waals surface area contributed by atoms with Gasteiger partial charge in [-0.05, 0) is 80.0 Å². The predicted octanol–water partition coefficient (Wildman–Crippen LogP) is 8.04. The van der Waals surface area contributed by atoms with Gasteiger partial charge in [0, 0.05) is 40.3 Å². The van der Waals surface area contributed by atoms with Gasteiger partial charge in [-0.1, -0.05) is 41.9 Å². The third kappa shape index (κ3) is 6.68. The van der Waals surface area contributed by atoms with Gasteiger partial charge in [0.2, 0.25) is 0 Å². The maximum Gasteiger partial charge on any atom is 0.404 e. The van der Waals surface area contributed by atoms with E-state index in [1.54, 1.807) is 30.2 Å². The highest BCUT2D eigenvalue weighted by Gasteiger charge is 2.33. The summed E-state index contributed by atoms with van der Waals surface area (Å²) in [7, 11) is 1.58. The second-order valence-electron chi connectivity index (χ2n) is 10.8. The average molecular weight is 623 g/mol. The smallest absolute Gasteiger partial charge is 0.404 e. The summed E-state index contributed by atoms with van der Waals surface area (Å²) in [5.41, 5.74) is 3.12. The number of benzene rings is 3. The molecule has 0 atom stereocenters. The summed E-state index contributed by atoms with van der Waals surface area (Å²) in [4.78, 5) is 39.4. The SMILES string of the molecule is COc1ccc(-c2cccc(C(C)=O)c2)cc1CN(C(=O)c1sc2cccc(F)c2c1Cl)C1CCC(CNC(=O)O)CC1. The van der Waals surface area contributed by atoms with Gasteiger partial charge in [0.1, 0.15) is 16.4 Å². The van der Waals surface area contributed by atoms with Crippen LogP contribution < -0.4 is 10.1 Å². The van der Waals surface area contributed by atoms with Gasteiger partial charge >= 0.3 is 6.09 Å². The second-order valence-corrected chi connectivity index (χ2v) is 12.2. The summed E-state index contributed by atoms with van der Waals surface area (Å²) in [5.74, 6) is -0.00492. The zero-order valence-electron chi connectivity index (χ0n) is 23.9. The molecule has 0 spiro atoms. The van der Waals surface area contributed by atoms with Crippen LogP contribution in [0.5, 0.6) is 5.75 Å². The van der Waals surface area contributed by atoms with Crippen molar-refractivity contribution in [3.8, 4) is 16.9 Å². The number of nitrogens with zero attached hydrogens (tertiary/aromatic N) is 1. The number of hydrogen-bond donors (Lipinski definition) is 2. The summed E-state index contributed by atoms with van der Waals surface area (Å²) in [6.07, 6.45) is 1.80. The van der Waals surface area contributed by atoms with Gasteiger partial charge in [0.15, 0.2) is 5.78 Å². The molecule has 224 valence electrons. The van der Waals surface area contributed by atoms with Crippen LogP contribution in [0.15, 0.2) is 60.7 Å². The van der Waals surface area contributed by atoms with Gasteiger partial charge in [-0.3, -0.25) is 9.59 Å². The monoisotopic (exact) mass is 622 g/mol. The minimum Gasteiger partial charge on any atom is -0.496 e. The quantitative estimate of drug-likeness (QED) is 0.184. The lowest BCUT2D eigenvalue weighted by Crippen LogP contribution is -2.43. The molecule has 0 bridgehead atoms. The van der Waals surface area contributed by atoms with Crippen LogP contribution in [0.3, 0.4) is 0 Å². The molecule has 43 heavy (non-hydrogen) atoms. The molecule has 0 aliphatic heterocycles. The first-order valence-electron chi connectivity index (χ1n) is 14.1. The van der Waals surface area contributed by atoms with Gasteiger partial charge in [-0.15, -0.1) is 11.3 Å². The highest BCUT2D eigenvalue weighted by molar-refractivity contribution is 7.21. The highest BCUT2D eigenvalue weighted by Crippen LogP contribution is 2.40. The number of amides is 2. The molecule has 1 fully saturated rings. The maximum absolute atomic E-state index is 14.7. The molecule has 1 aliphatic carbocycles. The van der Waals surface area contributed by atoms with Crippen LogP contribution in [0.1, 0.15) is 58.2 Å². The number of thiophene rings is 1. The summed E-state index contributed by atoms with van der Waals surface area (Å²) in [6.45, 7) is 2.12. The zero-order chi connectivity index (χ0) is 30.7. The molecule has 1 aliphatic rings. The van der Waals surface area contributed by atoms with Gasteiger partial charge < -0.3 is 20.1 Å². The van der Waals surface area contributed by atoms with Crippen LogP contribution in [0.2, 0.25) is 5.02 Å². The van der Waals surface area contributed by atoms with E-state index in [0.717, 1.165) is 29.5 Å². The number of nitrogens with one attached hydrogen (secondary N) is 1. The lowest BCUT2D eigenvalue weighted by molar-refractivity contribution is 0.0592. The van der Waals surface area contributed by atoms with Crippen molar-refractivity contribution in [2.45, 2.75) is 45.2 Å². The van der Waals surface area contributed by atoms with Crippen LogP contribution in [0.4, 0.5) is 9.18 Å². The first kappa shape index (κ1) is 30.5. The highest BCUT2D eigenvalue weighted by atomic mass is 35.5. The van der Waals surface area contributed by atoms with E-state index in [4.69, 9.17) is 21.4 Å². The first-order valence-corrected chi connectivity index (χ1v) is 15.3. The van der Waals surface area contributed by atoms with E-state index in [9.17, 15) is 18.8 Å². The predicted molar refractivity (Wildman–Crippen MR) is 167 cm³/mol. The number of carbonyl (C=O) groups excluding carboxylic acids is 2. The summed E-state index contributed by atoms with van der Waals surface area (Å²) in [6, 6.07) is 17.7. The van der Waals surface area contributed by atoms with Crippen molar-refractivity contribution in [1.29, 1.82) is 0 Å². The molecule has 0 radical (unpaired) electrons. The molecule has 0 saturated heterocycles. The molecule has 2 N–H and O–H groups in total. The van der Waals surface area contributed by atoms with Crippen molar-refractivity contribution in [3.05, 3.63) is 87.5 Å². The second kappa shape index (κ2) is 13.1. The Balaban J connectivity index is 1.51. The molecule has 1 saturated carbocycles. The molecule has 2 amide bonds. The third-order valence-corrected chi connectivity index (χ3v) is 9.72. The number of carboxylic acid groups (broad SMARTS) is 1. The minimum atomic E-state index is -1.05. The van der Waals surface area contributed by atoms with Crippen LogP contribution in [-0.2, 0) is 6.54 Å². The molecule has 4 aromatic rings. The van der Waals surface area contributed by atoms with E-state index in [2.05, 4.69) is 5.32 Å². The van der Waals surface area contributed by atoms with Gasteiger partial charge in [-0.2, -0.15) is 0 Å². The average Bonchev–Trinajstić information content (AvgIpc) is 3.36. The Bertz CT molecular complexity index is 1680. The van der Waals surface area contributed by atoms with Crippen molar-refractivity contribution < 1.29 is 28.6 Å². The van der Waals surface area contributed by atoms with Crippen LogP contribution in [-0.4, -0.2) is 47.5 Å². The number of hydrogen-bond acceptors (Lipinski definition) is 5. The van der Waals surface area contributed by atoms with Gasteiger partial charge in [0.05, 0.1) is 12.1 Å². The van der Waals surface area contributed by atoms with Gasteiger partial charge in [0.25, 0.3) is 5.91 Å². The fourth-order valence-electron chi connectivity index (χ4n) is 5.78. The third-order valence-electron chi connectivity index (χ3n) is 8.08. The van der Waals surface area contributed by atoms with Crippen LogP contribution in [0, 0.1) is 11.7 Å². The van der Waals surface area contributed by atoms with Crippen LogP contribution >= 0.6 is 22.9 Å². The summed E-state index contributed by atoms with van der Waals surface area (Å²) in [5, 5.41) is 11.8. The number of carbonyl (C=O) groups is 3. The Labute approximate surface area is 258 Å². The number of ether oxygens (including phenoxy) is 1. The first-order chi connectivity index (χ1) is 20.7. The van der Waals surface area contributed by atoms with Crippen molar-refractivity contribution in [2.24, 2.45) is 5.92 Å². The lowest BCUT2D eigenvalue weighted by Gasteiger charge is -2.37. The Morgan fingerprint density at radius 1 is 1.05 bits per heavy atom. The Kier molecular flexibility index (Phi) is 9.32. The molecular formula is C33H32ClFN2O5S. The number of fused-ring (bicyclic) bond motifs is 1. The van der Waals surface area contributed by atoms with E-state index in [1.165, 1.54) is 24.3 Å². The molecule has 3 aromatic carbocycles. The largest absolute Gasteiger partial charge is 0.496 e. The van der Waals surface area contributed by atoms with E-state index >= 15 is 0 Å². The Morgan fingerprint density at radius 2 is 1.77 bits per heavy atom. The van der Waals surface area contributed by atoms with Crippen molar-refractivity contribution >= 4 is 50.8 Å². The summed E-state index contributed by atoms with van der Waals surface area (Å²) >= 11 is 7.82. The minimum absolute atomic E-state index is 0.0295. The number of methoxy groups -OCH3 is 1. The summed E-state index contributed by atoms with van der Waals surface area (Å²) < 4.78 is 21.0. The molecule has 1 aromatic heterocycles. The standard InChI is InChI=1S/C33H32ClFN2O5S/c1-19(38)21-5-3-6-22(15-21)23-11-14-27(42-2)24(16-23)18-37(25-12-9-20(10-13-25)17-36-33(40)41)32(39)31-30(34)29-26(35)7-4-8-28(29)43-31/h3-8,11,14-16,20,25,36H,9-10,12-13,17-18H2,1-2H3,(H,40,41). The number of rotatable bonds is 9. The maximum atomic E-state index is 14.7. The molecule has 7 nitrogen and oxygen atoms in total. The fraction of sp³-hybridized carbons (Fsp3) is 0.303. The number of halogens is 2. The van der Waals surface area contributed by atoms with Gasteiger partial charge in [-0.25, -0.2) is 9.18 Å². The zero-order valence-corrected chi connectivity index (χ0v) is 25.4. The Hall–Kier alpha value is -3.95. The molecule has 5 rings (SSSR count).